The Hall–Kier alpha value is -3.46. The van der Waals surface area contributed by atoms with Crippen LogP contribution in [-0.2, 0) is 4.79 Å². The van der Waals surface area contributed by atoms with Crippen LogP contribution in [0, 0.1) is 5.92 Å². The zero-order valence-electron chi connectivity index (χ0n) is 17.7. The number of piperazine rings is 1. The fourth-order valence-corrected chi connectivity index (χ4v) is 4.54. The molecule has 32 heavy (non-hydrogen) atoms. The van der Waals surface area contributed by atoms with Gasteiger partial charge < -0.3 is 19.4 Å². The molecule has 4 aromatic heterocycles. The van der Waals surface area contributed by atoms with Gasteiger partial charge in [0.1, 0.15) is 22.9 Å². The number of ether oxygens (including phenoxy) is 1. The van der Waals surface area contributed by atoms with Gasteiger partial charge in [0.25, 0.3) is 0 Å². The molecule has 1 atom stereocenters. The maximum atomic E-state index is 11.5. The molecular formula is C23H24N6O3. The molecule has 4 aromatic rings. The second-order valence-electron chi connectivity index (χ2n) is 8.44. The van der Waals surface area contributed by atoms with Crippen molar-refractivity contribution < 1.29 is 13.9 Å². The quantitative estimate of drug-likeness (QED) is 0.514. The number of nitrogens with one attached hydrogen (secondary N) is 1. The molecule has 0 spiro atoms. The lowest BCUT2D eigenvalue weighted by Gasteiger charge is -2.28. The monoisotopic (exact) mass is 432 g/mol. The number of hydrogen-bond donors (Lipinski definition) is 1. The Kier molecular flexibility index (Phi) is 4.75. The van der Waals surface area contributed by atoms with Crippen molar-refractivity contribution in [3.63, 3.8) is 0 Å². The van der Waals surface area contributed by atoms with Gasteiger partial charge in [-0.2, -0.15) is 0 Å². The van der Waals surface area contributed by atoms with Crippen molar-refractivity contribution in [2.45, 2.75) is 19.3 Å². The molecule has 6 rings (SSSR count). The molecule has 1 saturated heterocycles. The molecule has 9 nitrogen and oxygen atoms in total. The zero-order valence-corrected chi connectivity index (χ0v) is 17.7. The fraction of sp³-hybridized carbons (Fsp3) is 0.391. The molecule has 2 aliphatic rings. The minimum absolute atomic E-state index is 0.272. The van der Waals surface area contributed by atoms with Gasteiger partial charge in [0.15, 0.2) is 11.4 Å². The van der Waals surface area contributed by atoms with E-state index in [0.29, 0.717) is 42.5 Å². The summed E-state index contributed by atoms with van der Waals surface area (Å²) in [5.41, 5.74) is 2.25. The number of nitrogens with zero attached hydrogens (tertiary/aromatic N) is 5. The van der Waals surface area contributed by atoms with Gasteiger partial charge in [-0.25, -0.2) is 14.5 Å². The van der Waals surface area contributed by atoms with Crippen LogP contribution >= 0.6 is 0 Å². The average molecular weight is 432 g/mol. The molecule has 1 aliphatic carbocycles. The predicted octanol–water partition coefficient (Wildman–Crippen LogP) is 2.70. The fourth-order valence-electron chi connectivity index (χ4n) is 4.54. The minimum Gasteiger partial charge on any atom is -0.476 e. The van der Waals surface area contributed by atoms with Gasteiger partial charge in [0, 0.05) is 57.2 Å². The van der Waals surface area contributed by atoms with Crippen LogP contribution in [0.5, 0.6) is 5.88 Å². The number of ketones is 1. The summed E-state index contributed by atoms with van der Waals surface area (Å²) >= 11 is 0. The Labute approximate surface area is 184 Å². The molecule has 2 fully saturated rings. The largest absolute Gasteiger partial charge is 0.476 e. The van der Waals surface area contributed by atoms with Crippen LogP contribution in [-0.4, -0.2) is 58.2 Å². The first-order valence-electron chi connectivity index (χ1n) is 11.1. The molecule has 1 N–H and O–H groups in total. The summed E-state index contributed by atoms with van der Waals surface area (Å²) in [5, 5.41) is 8.99. The number of carbonyl (C=O) groups is 1. The summed E-state index contributed by atoms with van der Waals surface area (Å²) in [6, 6.07) is 7.59. The second-order valence-corrected chi connectivity index (χ2v) is 8.44. The molecule has 9 heteroatoms. The van der Waals surface area contributed by atoms with Crippen LogP contribution < -0.4 is 15.0 Å². The molecule has 0 unspecified atom stereocenters. The summed E-state index contributed by atoms with van der Waals surface area (Å²) in [7, 11) is 0. The standard InChI is InChI=1S/C23H24N6O3/c30-16-2-1-15(11-16)14-31-22-4-3-21-26-13-18(29(21)27-22)20-12-17-19(32-20)5-6-25-23(17)28-9-7-24-8-10-28/h3-6,12-13,15,24H,1-2,7-11,14H2/t15-/m0/s1. The normalized spacial score (nSPS) is 19.3. The van der Waals surface area contributed by atoms with E-state index in [9.17, 15) is 4.79 Å². The van der Waals surface area contributed by atoms with Crippen LogP contribution in [0.1, 0.15) is 19.3 Å². The smallest absolute Gasteiger partial charge is 0.231 e. The molecule has 1 aliphatic heterocycles. The van der Waals surface area contributed by atoms with E-state index < -0.39 is 0 Å². The Morgan fingerprint density at radius 2 is 2.09 bits per heavy atom. The minimum atomic E-state index is 0.272. The summed E-state index contributed by atoms with van der Waals surface area (Å²) in [6.45, 7) is 4.21. The number of aromatic nitrogens is 4. The number of pyridine rings is 1. The second kappa shape index (κ2) is 7.90. The Morgan fingerprint density at radius 1 is 1.19 bits per heavy atom. The lowest BCUT2D eigenvalue weighted by molar-refractivity contribution is -0.117. The first kappa shape index (κ1) is 19.2. The Bertz CT molecular complexity index is 1290. The topological polar surface area (TPSA) is 97.8 Å². The summed E-state index contributed by atoms with van der Waals surface area (Å²) in [5.74, 6) is 2.72. The highest BCUT2D eigenvalue weighted by atomic mass is 16.5. The van der Waals surface area contributed by atoms with Crippen molar-refractivity contribution in [2.75, 3.05) is 37.7 Å². The summed E-state index contributed by atoms with van der Waals surface area (Å²) in [6.07, 6.45) is 5.70. The summed E-state index contributed by atoms with van der Waals surface area (Å²) < 4.78 is 13.8. The third kappa shape index (κ3) is 3.48. The zero-order chi connectivity index (χ0) is 21.5. The van der Waals surface area contributed by atoms with E-state index in [1.54, 1.807) is 16.9 Å². The molecule has 0 bridgehead atoms. The van der Waals surface area contributed by atoms with Gasteiger partial charge >= 0.3 is 0 Å². The number of fused-ring (bicyclic) bond motifs is 2. The first-order chi connectivity index (χ1) is 15.7. The van der Waals surface area contributed by atoms with Crippen LogP contribution in [0.4, 0.5) is 5.82 Å². The first-order valence-corrected chi connectivity index (χ1v) is 11.1. The van der Waals surface area contributed by atoms with E-state index in [0.717, 1.165) is 55.1 Å². The number of carbonyl (C=O) groups excluding carboxylic acids is 1. The average Bonchev–Trinajstić information content (AvgIpc) is 3.55. The highest BCUT2D eigenvalue weighted by molar-refractivity contribution is 5.92. The Morgan fingerprint density at radius 3 is 2.94 bits per heavy atom. The summed E-state index contributed by atoms with van der Waals surface area (Å²) in [4.78, 5) is 22.9. The highest BCUT2D eigenvalue weighted by Crippen LogP contribution is 2.33. The van der Waals surface area contributed by atoms with Crippen molar-refractivity contribution in [2.24, 2.45) is 5.92 Å². The molecule has 5 heterocycles. The number of Topliss-reactive ketones (excluding diaryl/α,β-unsaturated/α-hetero) is 1. The van der Waals surface area contributed by atoms with Gasteiger partial charge in [-0.05, 0) is 24.6 Å². The van der Waals surface area contributed by atoms with E-state index >= 15 is 0 Å². The van der Waals surface area contributed by atoms with Crippen LogP contribution in [0.3, 0.4) is 0 Å². The van der Waals surface area contributed by atoms with E-state index in [-0.39, 0.29) is 5.92 Å². The molecule has 164 valence electrons. The lowest BCUT2D eigenvalue weighted by atomic mass is 10.1. The predicted molar refractivity (Wildman–Crippen MR) is 119 cm³/mol. The number of furan rings is 1. The molecule has 0 radical (unpaired) electrons. The van der Waals surface area contributed by atoms with E-state index in [1.807, 2.05) is 24.3 Å². The maximum absolute atomic E-state index is 11.5. The van der Waals surface area contributed by atoms with E-state index in [4.69, 9.17) is 9.15 Å². The van der Waals surface area contributed by atoms with Crippen molar-refractivity contribution in [3.05, 3.63) is 36.7 Å². The number of imidazole rings is 1. The van der Waals surface area contributed by atoms with E-state index in [2.05, 4.69) is 25.3 Å². The van der Waals surface area contributed by atoms with Gasteiger partial charge in [0.2, 0.25) is 5.88 Å². The van der Waals surface area contributed by atoms with Gasteiger partial charge in [-0.1, -0.05) is 0 Å². The molecule has 1 saturated carbocycles. The lowest BCUT2D eigenvalue weighted by Crippen LogP contribution is -2.43. The third-order valence-corrected chi connectivity index (χ3v) is 6.25. The van der Waals surface area contributed by atoms with Crippen molar-refractivity contribution in [1.82, 2.24) is 24.9 Å². The van der Waals surface area contributed by atoms with Crippen molar-refractivity contribution in [3.8, 4) is 17.3 Å². The third-order valence-electron chi connectivity index (χ3n) is 6.25. The molecule has 0 aromatic carbocycles. The van der Waals surface area contributed by atoms with Gasteiger partial charge in [0.05, 0.1) is 18.2 Å². The van der Waals surface area contributed by atoms with Crippen LogP contribution in [0.25, 0.3) is 28.1 Å². The Balaban J connectivity index is 1.32. The van der Waals surface area contributed by atoms with Crippen molar-refractivity contribution in [1.29, 1.82) is 0 Å². The van der Waals surface area contributed by atoms with Crippen LogP contribution in [0.15, 0.2) is 41.1 Å². The SMILES string of the molecule is O=C1CC[C@H](COc2ccc3ncc(-c4cc5c(N6CCNCC6)nccc5o4)n3n2)C1. The number of hydrogen-bond acceptors (Lipinski definition) is 8. The van der Waals surface area contributed by atoms with E-state index in [1.165, 1.54) is 0 Å². The van der Waals surface area contributed by atoms with Crippen molar-refractivity contribution >= 4 is 28.2 Å². The highest BCUT2D eigenvalue weighted by Gasteiger charge is 2.23. The van der Waals surface area contributed by atoms with Gasteiger partial charge in [-0.3, -0.25) is 4.79 Å². The number of rotatable bonds is 5. The molecular weight excluding hydrogens is 408 g/mol. The van der Waals surface area contributed by atoms with Gasteiger partial charge in [-0.15, -0.1) is 5.10 Å². The maximum Gasteiger partial charge on any atom is 0.231 e. The van der Waals surface area contributed by atoms with Crippen LogP contribution in [0.2, 0.25) is 0 Å². The number of anilines is 1. The molecule has 0 amide bonds.